The molecule has 0 unspecified atom stereocenters. The molecule has 0 radical (unpaired) electrons. The van der Waals surface area contributed by atoms with Crippen LogP contribution in [0.3, 0.4) is 0 Å². The van der Waals surface area contributed by atoms with Gasteiger partial charge in [0, 0.05) is 11.7 Å². The van der Waals surface area contributed by atoms with Gasteiger partial charge in [0.1, 0.15) is 5.25 Å². The van der Waals surface area contributed by atoms with Gasteiger partial charge in [0.15, 0.2) is 5.16 Å². The third-order valence-electron chi connectivity index (χ3n) is 4.07. The highest BCUT2D eigenvalue weighted by Crippen LogP contribution is 2.35. The van der Waals surface area contributed by atoms with E-state index < -0.39 is 5.25 Å². The molecule has 0 N–H and O–H groups in total. The minimum absolute atomic E-state index is 0.0632. The van der Waals surface area contributed by atoms with Gasteiger partial charge in [-0.05, 0) is 32.9 Å². The number of esters is 1. The first-order valence-electron chi connectivity index (χ1n) is 8.63. The molecule has 0 fully saturated rings. The van der Waals surface area contributed by atoms with Crippen LogP contribution >= 0.6 is 23.5 Å². The Kier molecular flexibility index (Phi) is 5.77. The zero-order valence-corrected chi connectivity index (χ0v) is 16.9. The molecule has 0 aliphatic carbocycles. The van der Waals surface area contributed by atoms with Crippen LogP contribution in [-0.2, 0) is 16.0 Å². The summed E-state index contributed by atoms with van der Waals surface area (Å²) in [5.41, 5.74) is 2.64. The summed E-state index contributed by atoms with van der Waals surface area (Å²) < 4.78 is 6.71. The van der Waals surface area contributed by atoms with Crippen molar-refractivity contribution in [1.82, 2.24) is 9.55 Å². The summed E-state index contributed by atoms with van der Waals surface area (Å²) in [6.07, 6.45) is 0.769. The fourth-order valence-corrected chi connectivity index (χ4v) is 4.80. The maximum absolute atomic E-state index is 13.2. The summed E-state index contributed by atoms with van der Waals surface area (Å²) >= 11 is 2.84. The Morgan fingerprint density at radius 2 is 2.12 bits per heavy atom. The van der Waals surface area contributed by atoms with Crippen LogP contribution in [0, 0.1) is 6.92 Å². The Labute approximate surface area is 161 Å². The second-order valence-corrected chi connectivity index (χ2v) is 9.05. The molecule has 1 aliphatic rings. The average Bonchev–Trinajstić information content (AvgIpc) is 2.97. The monoisotopic (exact) mass is 390 g/mol. The first-order valence-corrected chi connectivity index (χ1v) is 10.4. The van der Waals surface area contributed by atoms with E-state index in [0.29, 0.717) is 21.9 Å². The summed E-state index contributed by atoms with van der Waals surface area (Å²) in [5.74, 6) is -0.301. The van der Waals surface area contributed by atoms with E-state index in [-0.39, 0.29) is 11.5 Å². The summed E-state index contributed by atoms with van der Waals surface area (Å²) in [6.45, 7) is 7.99. The number of hydrogen-bond acceptors (Lipinski definition) is 6. The van der Waals surface area contributed by atoms with Crippen molar-refractivity contribution >= 4 is 29.5 Å². The van der Waals surface area contributed by atoms with Crippen molar-refractivity contribution in [3.8, 4) is 5.69 Å². The van der Waals surface area contributed by atoms with Crippen molar-refractivity contribution < 1.29 is 9.53 Å². The van der Waals surface area contributed by atoms with E-state index in [2.05, 4.69) is 6.92 Å². The lowest BCUT2D eigenvalue weighted by atomic mass is 10.2. The van der Waals surface area contributed by atoms with E-state index in [4.69, 9.17) is 9.72 Å². The zero-order chi connectivity index (χ0) is 18.8. The van der Waals surface area contributed by atoms with E-state index in [1.165, 1.54) is 11.8 Å². The van der Waals surface area contributed by atoms with Crippen molar-refractivity contribution in [2.75, 3.05) is 6.61 Å². The number of benzene rings is 1. The summed E-state index contributed by atoms with van der Waals surface area (Å²) in [5, 5.41) is 0.426. The first kappa shape index (κ1) is 19.0. The van der Waals surface area contributed by atoms with Gasteiger partial charge < -0.3 is 4.74 Å². The van der Waals surface area contributed by atoms with Gasteiger partial charge in [-0.15, -0.1) is 11.8 Å². The minimum Gasteiger partial charge on any atom is -0.465 e. The molecule has 1 aromatic heterocycles. The van der Waals surface area contributed by atoms with Gasteiger partial charge in [0.25, 0.3) is 5.56 Å². The van der Waals surface area contributed by atoms with E-state index in [1.54, 1.807) is 30.2 Å². The first-order chi connectivity index (χ1) is 12.4. The summed E-state index contributed by atoms with van der Waals surface area (Å²) in [4.78, 5) is 30.7. The van der Waals surface area contributed by atoms with Gasteiger partial charge >= 0.3 is 5.97 Å². The molecule has 2 aromatic rings. The molecule has 0 spiro atoms. The number of hydrogen-bond donors (Lipinski definition) is 0. The predicted molar refractivity (Wildman–Crippen MR) is 106 cm³/mol. The molecule has 2 atom stereocenters. The molecule has 0 amide bonds. The van der Waals surface area contributed by atoms with E-state index in [0.717, 1.165) is 23.4 Å². The second-order valence-electron chi connectivity index (χ2n) is 6.29. The van der Waals surface area contributed by atoms with Crippen LogP contribution in [0.5, 0.6) is 0 Å². The van der Waals surface area contributed by atoms with E-state index in [1.807, 2.05) is 31.2 Å². The molecule has 26 heavy (non-hydrogen) atoms. The quantitative estimate of drug-likeness (QED) is 0.441. The molecular formula is C19H22N2O3S2. The number of aromatic nitrogens is 2. The molecule has 1 aromatic carbocycles. The molecule has 3 rings (SSSR count). The zero-order valence-electron chi connectivity index (χ0n) is 15.3. The number of nitrogens with zero attached hydrogens (tertiary/aromatic N) is 2. The van der Waals surface area contributed by atoms with Crippen LogP contribution in [0.1, 0.15) is 32.0 Å². The lowest BCUT2D eigenvalue weighted by Crippen LogP contribution is -2.26. The van der Waals surface area contributed by atoms with Crippen molar-refractivity contribution in [3.05, 3.63) is 45.9 Å². The Morgan fingerprint density at radius 3 is 2.77 bits per heavy atom. The molecule has 2 heterocycles. The Hall–Kier alpha value is -1.73. The predicted octanol–water partition coefficient (Wildman–Crippen LogP) is 3.62. The van der Waals surface area contributed by atoms with Crippen LogP contribution in [0.4, 0.5) is 0 Å². The van der Waals surface area contributed by atoms with Crippen molar-refractivity contribution in [3.63, 3.8) is 0 Å². The fraction of sp³-hybridized carbons (Fsp3) is 0.421. The highest BCUT2D eigenvalue weighted by molar-refractivity contribution is 8.00. The maximum Gasteiger partial charge on any atom is 0.319 e. The molecule has 138 valence electrons. The fourth-order valence-electron chi connectivity index (χ4n) is 2.77. The number of ether oxygens (including phenoxy) is 1. The lowest BCUT2D eigenvalue weighted by Gasteiger charge is -2.16. The van der Waals surface area contributed by atoms with Crippen LogP contribution in [0.25, 0.3) is 5.69 Å². The van der Waals surface area contributed by atoms with Gasteiger partial charge in [0.2, 0.25) is 0 Å². The van der Waals surface area contributed by atoms with Crippen LogP contribution in [0.15, 0.2) is 39.1 Å². The molecule has 0 saturated carbocycles. The molecular weight excluding hydrogens is 368 g/mol. The van der Waals surface area contributed by atoms with Gasteiger partial charge in [0.05, 0.1) is 22.9 Å². The molecule has 0 saturated heterocycles. The van der Waals surface area contributed by atoms with Gasteiger partial charge in [-0.3, -0.25) is 14.2 Å². The van der Waals surface area contributed by atoms with Crippen molar-refractivity contribution in [1.29, 1.82) is 0 Å². The van der Waals surface area contributed by atoms with Gasteiger partial charge in [-0.1, -0.05) is 36.4 Å². The molecule has 5 nitrogen and oxygen atoms in total. The number of aryl methyl sites for hydroxylation is 1. The van der Waals surface area contributed by atoms with Crippen LogP contribution in [0.2, 0.25) is 0 Å². The summed E-state index contributed by atoms with van der Waals surface area (Å²) in [6, 6.07) is 7.75. The lowest BCUT2D eigenvalue weighted by molar-refractivity contribution is -0.142. The van der Waals surface area contributed by atoms with E-state index in [9.17, 15) is 9.59 Å². The highest BCUT2D eigenvalue weighted by Gasteiger charge is 2.28. The topological polar surface area (TPSA) is 61.2 Å². The maximum atomic E-state index is 13.2. The number of rotatable bonds is 5. The average molecular weight is 391 g/mol. The smallest absolute Gasteiger partial charge is 0.319 e. The molecule has 0 bridgehead atoms. The number of thioether (sulfide) groups is 2. The van der Waals surface area contributed by atoms with Crippen molar-refractivity contribution in [2.45, 2.75) is 54.7 Å². The van der Waals surface area contributed by atoms with Crippen LogP contribution < -0.4 is 5.56 Å². The highest BCUT2D eigenvalue weighted by atomic mass is 32.2. The Balaban J connectivity index is 2.08. The van der Waals surface area contributed by atoms with Crippen molar-refractivity contribution in [2.24, 2.45) is 0 Å². The molecule has 7 heteroatoms. The molecule has 1 aliphatic heterocycles. The van der Waals surface area contributed by atoms with Crippen LogP contribution in [-0.4, -0.2) is 32.6 Å². The van der Waals surface area contributed by atoms with E-state index >= 15 is 0 Å². The Bertz CT molecular complexity index is 878. The third-order valence-corrected chi connectivity index (χ3v) is 6.32. The largest absolute Gasteiger partial charge is 0.465 e. The minimum atomic E-state index is -0.442. The Morgan fingerprint density at radius 1 is 1.42 bits per heavy atom. The SMILES string of the molecule is CCOC(=O)[C@H](C)Sc1nc2c(c(=O)n1-c1ccc(C)cc1)S[C@@H](C)C2. The number of carbonyl (C=O) groups is 1. The summed E-state index contributed by atoms with van der Waals surface area (Å²) in [7, 11) is 0. The van der Waals surface area contributed by atoms with Gasteiger partial charge in [-0.25, -0.2) is 4.98 Å². The number of fused-ring (bicyclic) bond motifs is 1. The normalized spacial score (nSPS) is 17.0. The number of carbonyl (C=O) groups excluding carboxylic acids is 1. The third kappa shape index (κ3) is 3.83. The van der Waals surface area contributed by atoms with Gasteiger partial charge in [-0.2, -0.15) is 0 Å². The standard InChI is InChI=1S/C19H22N2O3S2/c1-5-24-18(23)13(4)26-19-20-15-10-12(3)25-16(15)17(22)21(19)14-8-6-11(2)7-9-14/h6-9,12-13H,5,10H2,1-4H3/t12-,13-/m0/s1. The second kappa shape index (κ2) is 7.88.